The number of nitriles is 1. The van der Waals surface area contributed by atoms with Gasteiger partial charge in [-0.3, -0.25) is 9.69 Å². The number of nitrogens with zero attached hydrogens (tertiary/aromatic N) is 4. The summed E-state index contributed by atoms with van der Waals surface area (Å²) in [5.41, 5.74) is 2.71. The molecular formula is C23H21ClN4OS. The van der Waals surface area contributed by atoms with Crippen molar-refractivity contribution in [2.45, 2.75) is 13.0 Å². The first-order valence-electron chi connectivity index (χ1n) is 9.85. The van der Waals surface area contributed by atoms with Crippen molar-refractivity contribution in [3.05, 3.63) is 75.8 Å². The van der Waals surface area contributed by atoms with Crippen molar-refractivity contribution in [2.24, 2.45) is 0 Å². The molecule has 30 heavy (non-hydrogen) atoms. The molecule has 1 aliphatic rings. The molecular weight excluding hydrogens is 416 g/mol. The second-order valence-electron chi connectivity index (χ2n) is 7.24. The monoisotopic (exact) mass is 436 g/mol. The second-order valence-corrected chi connectivity index (χ2v) is 8.68. The van der Waals surface area contributed by atoms with Crippen molar-refractivity contribution in [3.63, 3.8) is 0 Å². The third-order valence-corrected chi connectivity index (χ3v) is 6.53. The molecule has 0 saturated carbocycles. The molecule has 1 saturated heterocycles. The maximum absolute atomic E-state index is 13.0. The summed E-state index contributed by atoms with van der Waals surface area (Å²) in [5.74, 6) is 0.0334. The highest BCUT2D eigenvalue weighted by atomic mass is 35.5. The van der Waals surface area contributed by atoms with E-state index in [-0.39, 0.29) is 5.91 Å². The van der Waals surface area contributed by atoms with Crippen LogP contribution in [0.15, 0.2) is 54.7 Å². The molecule has 1 fully saturated rings. The number of rotatable bonds is 4. The van der Waals surface area contributed by atoms with Gasteiger partial charge in [-0.25, -0.2) is 4.98 Å². The predicted molar refractivity (Wildman–Crippen MR) is 120 cm³/mol. The molecule has 0 spiro atoms. The van der Waals surface area contributed by atoms with Gasteiger partial charge in [0.15, 0.2) is 0 Å². The highest BCUT2D eigenvalue weighted by molar-refractivity contribution is 7.17. The Morgan fingerprint density at radius 3 is 2.67 bits per heavy atom. The van der Waals surface area contributed by atoms with Gasteiger partial charge in [-0.1, -0.05) is 41.9 Å². The highest BCUT2D eigenvalue weighted by Crippen LogP contribution is 2.31. The van der Waals surface area contributed by atoms with Gasteiger partial charge in [-0.05, 0) is 30.2 Å². The van der Waals surface area contributed by atoms with Gasteiger partial charge in [-0.2, -0.15) is 5.26 Å². The molecule has 2 heterocycles. The average Bonchev–Trinajstić information content (AvgIpc) is 3.14. The Balaban J connectivity index is 1.39. The second kappa shape index (κ2) is 9.40. The van der Waals surface area contributed by atoms with Gasteiger partial charge in [0.05, 0.1) is 22.9 Å². The first-order valence-corrected chi connectivity index (χ1v) is 11.0. The molecule has 0 bridgehead atoms. The Kier molecular flexibility index (Phi) is 6.44. The molecule has 1 amide bonds. The SMILES string of the molecule is N#Cc1ccc(CN2CCCN(C(=O)c3cnc(-c4ccccc4Cl)s3)CC2)cc1. The van der Waals surface area contributed by atoms with E-state index in [0.717, 1.165) is 43.2 Å². The number of carbonyl (C=O) groups is 1. The lowest BCUT2D eigenvalue weighted by molar-refractivity contribution is 0.0765. The molecule has 0 N–H and O–H groups in total. The fourth-order valence-corrected chi connectivity index (χ4v) is 4.77. The number of thiazole rings is 1. The van der Waals surface area contributed by atoms with Crippen molar-refractivity contribution in [1.82, 2.24) is 14.8 Å². The molecule has 0 aliphatic carbocycles. The Morgan fingerprint density at radius 1 is 1.10 bits per heavy atom. The molecule has 2 aromatic carbocycles. The zero-order valence-corrected chi connectivity index (χ0v) is 18.0. The lowest BCUT2D eigenvalue weighted by Crippen LogP contribution is -2.34. The number of aromatic nitrogens is 1. The van der Waals surface area contributed by atoms with Crippen LogP contribution >= 0.6 is 22.9 Å². The molecule has 0 atom stereocenters. The van der Waals surface area contributed by atoms with E-state index < -0.39 is 0 Å². The van der Waals surface area contributed by atoms with E-state index in [1.54, 1.807) is 6.20 Å². The fourth-order valence-electron chi connectivity index (χ4n) is 3.56. The van der Waals surface area contributed by atoms with Crippen molar-refractivity contribution in [1.29, 1.82) is 5.26 Å². The fraction of sp³-hybridized carbons (Fsp3) is 0.261. The maximum Gasteiger partial charge on any atom is 0.265 e. The third-order valence-electron chi connectivity index (χ3n) is 5.19. The van der Waals surface area contributed by atoms with Crippen LogP contribution in [0.2, 0.25) is 5.02 Å². The Hall–Kier alpha value is -2.72. The minimum absolute atomic E-state index is 0.0334. The minimum Gasteiger partial charge on any atom is -0.337 e. The zero-order valence-electron chi connectivity index (χ0n) is 16.4. The van der Waals surface area contributed by atoms with Crippen LogP contribution in [0.5, 0.6) is 0 Å². The van der Waals surface area contributed by atoms with Crippen molar-refractivity contribution in [2.75, 3.05) is 26.2 Å². The molecule has 4 rings (SSSR count). The summed E-state index contributed by atoms with van der Waals surface area (Å²) in [6.07, 6.45) is 2.59. The minimum atomic E-state index is 0.0334. The largest absolute Gasteiger partial charge is 0.337 e. The summed E-state index contributed by atoms with van der Waals surface area (Å²) in [4.78, 5) is 22.4. The summed E-state index contributed by atoms with van der Waals surface area (Å²) in [6.45, 7) is 4.01. The van der Waals surface area contributed by atoms with Gasteiger partial charge in [0.1, 0.15) is 9.88 Å². The lowest BCUT2D eigenvalue weighted by atomic mass is 10.1. The van der Waals surface area contributed by atoms with Gasteiger partial charge in [0, 0.05) is 38.3 Å². The van der Waals surface area contributed by atoms with Crippen LogP contribution < -0.4 is 0 Å². The number of hydrogen-bond donors (Lipinski definition) is 0. The maximum atomic E-state index is 13.0. The number of hydrogen-bond acceptors (Lipinski definition) is 5. The van der Waals surface area contributed by atoms with Gasteiger partial charge in [0.2, 0.25) is 0 Å². The van der Waals surface area contributed by atoms with E-state index in [2.05, 4.69) is 16.0 Å². The molecule has 5 nitrogen and oxygen atoms in total. The number of benzene rings is 2. The summed E-state index contributed by atoms with van der Waals surface area (Å²) < 4.78 is 0. The zero-order chi connectivity index (χ0) is 20.9. The van der Waals surface area contributed by atoms with Crippen LogP contribution in [0.1, 0.15) is 27.2 Å². The average molecular weight is 437 g/mol. The molecule has 0 radical (unpaired) electrons. The van der Waals surface area contributed by atoms with Gasteiger partial charge in [0.25, 0.3) is 5.91 Å². The normalized spacial score (nSPS) is 14.9. The first-order chi connectivity index (χ1) is 14.6. The number of halogens is 1. The third kappa shape index (κ3) is 4.71. The van der Waals surface area contributed by atoms with Crippen LogP contribution in [0, 0.1) is 11.3 Å². The van der Waals surface area contributed by atoms with E-state index >= 15 is 0 Å². The topological polar surface area (TPSA) is 60.2 Å². The van der Waals surface area contributed by atoms with E-state index in [9.17, 15) is 4.79 Å². The van der Waals surface area contributed by atoms with Crippen LogP contribution in [-0.2, 0) is 6.54 Å². The molecule has 3 aromatic rings. The molecule has 0 unspecified atom stereocenters. The van der Waals surface area contributed by atoms with Crippen molar-refractivity contribution < 1.29 is 4.79 Å². The summed E-state index contributed by atoms with van der Waals surface area (Å²) in [6, 6.07) is 17.4. The first kappa shape index (κ1) is 20.5. The summed E-state index contributed by atoms with van der Waals surface area (Å²) in [5, 5.41) is 10.3. The smallest absolute Gasteiger partial charge is 0.265 e. The standard InChI is InChI=1S/C23H21ClN4OS/c24-20-5-2-1-4-19(20)22-26-15-21(30-22)23(29)28-11-3-10-27(12-13-28)16-18-8-6-17(14-25)7-9-18/h1-2,4-9,15H,3,10-13,16H2. The van der Waals surface area contributed by atoms with Gasteiger partial charge in [-0.15, -0.1) is 11.3 Å². The van der Waals surface area contributed by atoms with Gasteiger partial charge < -0.3 is 4.90 Å². The summed E-state index contributed by atoms with van der Waals surface area (Å²) >= 11 is 7.66. The van der Waals surface area contributed by atoms with Crippen LogP contribution in [-0.4, -0.2) is 46.9 Å². The Morgan fingerprint density at radius 2 is 1.90 bits per heavy atom. The number of carbonyl (C=O) groups excluding carboxylic acids is 1. The Bertz CT molecular complexity index is 1070. The van der Waals surface area contributed by atoms with Crippen molar-refractivity contribution >= 4 is 28.8 Å². The number of amides is 1. The van der Waals surface area contributed by atoms with Crippen LogP contribution in [0.25, 0.3) is 10.6 Å². The molecule has 1 aromatic heterocycles. The van der Waals surface area contributed by atoms with Gasteiger partial charge >= 0.3 is 0 Å². The van der Waals surface area contributed by atoms with E-state index in [4.69, 9.17) is 16.9 Å². The van der Waals surface area contributed by atoms with Crippen molar-refractivity contribution in [3.8, 4) is 16.6 Å². The Labute approximate surface area is 185 Å². The van der Waals surface area contributed by atoms with E-state index in [1.165, 1.54) is 16.9 Å². The van der Waals surface area contributed by atoms with E-state index in [0.29, 0.717) is 22.0 Å². The quantitative estimate of drug-likeness (QED) is 0.595. The van der Waals surface area contributed by atoms with Crippen LogP contribution in [0.4, 0.5) is 0 Å². The van der Waals surface area contributed by atoms with Crippen LogP contribution in [0.3, 0.4) is 0 Å². The molecule has 1 aliphatic heterocycles. The van der Waals surface area contributed by atoms with E-state index in [1.807, 2.05) is 53.4 Å². The molecule has 7 heteroatoms. The predicted octanol–water partition coefficient (Wildman–Crippen LogP) is 4.68. The highest BCUT2D eigenvalue weighted by Gasteiger charge is 2.22. The molecule has 152 valence electrons. The summed E-state index contributed by atoms with van der Waals surface area (Å²) in [7, 11) is 0. The lowest BCUT2D eigenvalue weighted by Gasteiger charge is -2.21.